The van der Waals surface area contributed by atoms with Crippen LogP contribution in [0.2, 0.25) is 5.02 Å². The number of nitrogens with two attached hydrogens (primary N) is 1. The quantitative estimate of drug-likeness (QED) is 0.815. The molecule has 1 aromatic rings. The number of unbranched alkanes of at least 4 members (excludes halogenated alkanes) is 1. The summed E-state index contributed by atoms with van der Waals surface area (Å²) in [7, 11) is 0. The van der Waals surface area contributed by atoms with Gasteiger partial charge in [0.2, 0.25) is 0 Å². The van der Waals surface area contributed by atoms with Crippen LogP contribution in [0.3, 0.4) is 0 Å². The third kappa shape index (κ3) is 2.69. The standard InChI is InChI=1S/C11H15ClFN/c1-2-3-7-10(14)11-8(12)5-4-6-9(11)13/h4-6,10H,2-3,7,14H2,1H3/t10-/m0/s1. The Labute approximate surface area is 89.1 Å². The van der Waals surface area contributed by atoms with Crippen LogP contribution in [0.25, 0.3) is 0 Å². The Morgan fingerprint density at radius 2 is 2.21 bits per heavy atom. The molecule has 14 heavy (non-hydrogen) atoms. The van der Waals surface area contributed by atoms with Crippen molar-refractivity contribution in [1.29, 1.82) is 0 Å². The van der Waals surface area contributed by atoms with Gasteiger partial charge in [0.25, 0.3) is 0 Å². The molecule has 0 aliphatic rings. The number of rotatable bonds is 4. The molecule has 0 heterocycles. The fraction of sp³-hybridized carbons (Fsp3) is 0.455. The fourth-order valence-electron chi connectivity index (χ4n) is 1.43. The minimum absolute atomic E-state index is 0.288. The molecule has 3 heteroatoms. The van der Waals surface area contributed by atoms with Crippen LogP contribution in [0.5, 0.6) is 0 Å². The smallest absolute Gasteiger partial charge is 0.129 e. The molecule has 0 aromatic heterocycles. The van der Waals surface area contributed by atoms with Gasteiger partial charge in [0.05, 0.1) is 0 Å². The SMILES string of the molecule is CCCC[C@H](N)c1c(F)cccc1Cl. The summed E-state index contributed by atoms with van der Waals surface area (Å²) in [5, 5.41) is 0.425. The van der Waals surface area contributed by atoms with Gasteiger partial charge in [0.1, 0.15) is 5.82 Å². The number of benzene rings is 1. The highest BCUT2D eigenvalue weighted by atomic mass is 35.5. The summed E-state index contributed by atoms with van der Waals surface area (Å²) in [5.74, 6) is -0.305. The van der Waals surface area contributed by atoms with Gasteiger partial charge in [-0.1, -0.05) is 37.4 Å². The summed E-state index contributed by atoms with van der Waals surface area (Å²) >= 11 is 5.88. The van der Waals surface area contributed by atoms with Gasteiger partial charge >= 0.3 is 0 Å². The van der Waals surface area contributed by atoms with E-state index in [9.17, 15) is 4.39 Å². The summed E-state index contributed by atoms with van der Waals surface area (Å²) in [6, 6.07) is 4.37. The second-order valence-corrected chi connectivity index (χ2v) is 3.79. The Hall–Kier alpha value is -0.600. The van der Waals surface area contributed by atoms with Crippen molar-refractivity contribution in [2.24, 2.45) is 5.73 Å². The maximum Gasteiger partial charge on any atom is 0.129 e. The van der Waals surface area contributed by atoms with Crippen molar-refractivity contribution in [3.05, 3.63) is 34.6 Å². The van der Waals surface area contributed by atoms with Crippen molar-refractivity contribution in [3.8, 4) is 0 Å². The van der Waals surface area contributed by atoms with Crippen LogP contribution < -0.4 is 5.73 Å². The zero-order valence-electron chi connectivity index (χ0n) is 8.26. The summed E-state index contributed by atoms with van der Waals surface area (Å²) in [6.45, 7) is 2.08. The second kappa shape index (κ2) is 5.32. The third-order valence-corrected chi connectivity index (χ3v) is 2.57. The predicted octanol–water partition coefficient (Wildman–Crippen LogP) is 3.67. The van der Waals surface area contributed by atoms with Gasteiger partial charge in [-0.15, -0.1) is 0 Å². The number of hydrogen-bond acceptors (Lipinski definition) is 1. The van der Waals surface area contributed by atoms with Crippen molar-refractivity contribution in [2.75, 3.05) is 0 Å². The molecule has 0 aliphatic carbocycles. The number of hydrogen-bond donors (Lipinski definition) is 1. The Morgan fingerprint density at radius 3 is 2.79 bits per heavy atom. The van der Waals surface area contributed by atoms with Gasteiger partial charge in [-0.05, 0) is 18.6 Å². The van der Waals surface area contributed by atoms with Gasteiger partial charge < -0.3 is 5.73 Å². The maximum absolute atomic E-state index is 13.4. The molecule has 0 saturated heterocycles. The molecule has 0 fully saturated rings. The molecule has 0 spiro atoms. The van der Waals surface area contributed by atoms with Crippen molar-refractivity contribution in [3.63, 3.8) is 0 Å². The first kappa shape index (κ1) is 11.5. The van der Waals surface area contributed by atoms with Crippen LogP contribution in [0.1, 0.15) is 37.8 Å². The molecule has 0 amide bonds. The number of halogens is 2. The van der Waals surface area contributed by atoms with Gasteiger partial charge in [0, 0.05) is 16.6 Å². The molecule has 0 radical (unpaired) electrons. The Bertz CT molecular complexity index is 281. The lowest BCUT2D eigenvalue weighted by Gasteiger charge is -2.13. The van der Waals surface area contributed by atoms with Gasteiger partial charge in [-0.25, -0.2) is 4.39 Å². The summed E-state index contributed by atoms with van der Waals surface area (Å²) in [6.07, 6.45) is 2.82. The molecule has 78 valence electrons. The van der Waals surface area contributed by atoms with E-state index in [2.05, 4.69) is 6.92 Å². The highest BCUT2D eigenvalue weighted by molar-refractivity contribution is 6.31. The molecule has 1 rings (SSSR count). The molecule has 1 aromatic carbocycles. The minimum atomic E-state index is -0.305. The molecule has 0 aliphatic heterocycles. The third-order valence-electron chi connectivity index (χ3n) is 2.24. The highest BCUT2D eigenvalue weighted by Crippen LogP contribution is 2.27. The zero-order valence-corrected chi connectivity index (χ0v) is 9.02. The lowest BCUT2D eigenvalue weighted by molar-refractivity contribution is 0.548. The van der Waals surface area contributed by atoms with Crippen LogP contribution >= 0.6 is 11.6 Å². The van der Waals surface area contributed by atoms with Crippen LogP contribution in [0, 0.1) is 5.82 Å². The minimum Gasteiger partial charge on any atom is -0.324 e. The molecular formula is C11H15ClFN. The zero-order chi connectivity index (χ0) is 10.6. The molecular weight excluding hydrogens is 201 g/mol. The molecule has 1 atom stereocenters. The fourth-order valence-corrected chi connectivity index (χ4v) is 1.74. The van der Waals surface area contributed by atoms with Crippen LogP contribution in [0.15, 0.2) is 18.2 Å². The molecule has 2 N–H and O–H groups in total. The Morgan fingerprint density at radius 1 is 1.50 bits per heavy atom. The Balaban J connectivity index is 2.82. The summed E-state index contributed by atoms with van der Waals surface area (Å²) in [5.41, 5.74) is 6.31. The summed E-state index contributed by atoms with van der Waals surface area (Å²) in [4.78, 5) is 0. The van der Waals surface area contributed by atoms with Crippen LogP contribution in [0.4, 0.5) is 4.39 Å². The van der Waals surface area contributed by atoms with Crippen molar-refractivity contribution in [2.45, 2.75) is 32.2 Å². The van der Waals surface area contributed by atoms with E-state index < -0.39 is 0 Å². The first-order chi connectivity index (χ1) is 6.66. The van der Waals surface area contributed by atoms with Gasteiger partial charge in [-0.3, -0.25) is 0 Å². The van der Waals surface area contributed by atoms with E-state index in [1.165, 1.54) is 6.07 Å². The average Bonchev–Trinajstić information content (AvgIpc) is 2.14. The monoisotopic (exact) mass is 215 g/mol. The summed E-state index contributed by atoms with van der Waals surface area (Å²) < 4.78 is 13.4. The predicted molar refractivity (Wildman–Crippen MR) is 57.9 cm³/mol. The van der Waals surface area contributed by atoms with Crippen LogP contribution in [-0.2, 0) is 0 Å². The van der Waals surface area contributed by atoms with Gasteiger partial charge in [-0.2, -0.15) is 0 Å². The normalized spacial score (nSPS) is 12.9. The van der Waals surface area contributed by atoms with E-state index in [4.69, 9.17) is 17.3 Å². The first-order valence-electron chi connectivity index (χ1n) is 4.86. The van der Waals surface area contributed by atoms with E-state index >= 15 is 0 Å². The topological polar surface area (TPSA) is 26.0 Å². The van der Waals surface area contributed by atoms with E-state index in [1.54, 1.807) is 12.1 Å². The van der Waals surface area contributed by atoms with Crippen LogP contribution in [-0.4, -0.2) is 0 Å². The average molecular weight is 216 g/mol. The molecule has 0 bridgehead atoms. The largest absolute Gasteiger partial charge is 0.324 e. The highest BCUT2D eigenvalue weighted by Gasteiger charge is 2.14. The molecule has 1 nitrogen and oxygen atoms in total. The van der Waals surface area contributed by atoms with E-state index in [0.717, 1.165) is 19.3 Å². The maximum atomic E-state index is 13.4. The van der Waals surface area contributed by atoms with E-state index in [0.29, 0.717) is 10.6 Å². The molecule has 0 saturated carbocycles. The second-order valence-electron chi connectivity index (χ2n) is 3.38. The van der Waals surface area contributed by atoms with Crippen molar-refractivity contribution < 1.29 is 4.39 Å². The van der Waals surface area contributed by atoms with Gasteiger partial charge in [0.15, 0.2) is 0 Å². The first-order valence-corrected chi connectivity index (χ1v) is 5.24. The van der Waals surface area contributed by atoms with E-state index in [1.807, 2.05) is 0 Å². The van der Waals surface area contributed by atoms with E-state index in [-0.39, 0.29) is 11.9 Å². The lowest BCUT2D eigenvalue weighted by Crippen LogP contribution is -2.12. The van der Waals surface area contributed by atoms with Crippen molar-refractivity contribution in [1.82, 2.24) is 0 Å². The van der Waals surface area contributed by atoms with Crippen molar-refractivity contribution >= 4 is 11.6 Å². The molecule has 0 unspecified atom stereocenters. The Kier molecular flexibility index (Phi) is 4.36. The lowest BCUT2D eigenvalue weighted by atomic mass is 10.0.